The standard InChI is InChI=1S/C31H52N4O5/c1-19(2)40-26-17-24(39-4)12-13-25(26)30-33-28(21-8-10-23(36)11-9-21)29(22-7-5-6-20(3)16-22)35(30)31(38)34-15-14-32-27(37)18-34/h19-26,28-29,36H,5-18H2,1-4H3,(H,32,37)/t20?,21?,22?,23?,24?,25?,26?,28-,29+/m0/s1. The van der Waals surface area contributed by atoms with Crippen molar-refractivity contribution in [1.29, 1.82) is 0 Å². The van der Waals surface area contributed by atoms with Crippen LogP contribution in [-0.4, -0.2) is 95.9 Å². The molecule has 4 fully saturated rings. The van der Waals surface area contributed by atoms with Gasteiger partial charge in [-0.2, -0.15) is 0 Å². The summed E-state index contributed by atoms with van der Waals surface area (Å²) in [5, 5.41) is 13.2. The minimum atomic E-state index is -0.230. The van der Waals surface area contributed by atoms with E-state index in [1.165, 1.54) is 12.8 Å². The molecule has 3 amide bonds. The van der Waals surface area contributed by atoms with Crippen molar-refractivity contribution in [3.05, 3.63) is 0 Å². The van der Waals surface area contributed by atoms with Crippen LogP contribution in [0.5, 0.6) is 0 Å². The molecular formula is C31H52N4O5. The lowest BCUT2D eigenvalue weighted by molar-refractivity contribution is -0.123. The maximum atomic E-state index is 14.5. The number of nitrogens with one attached hydrogen (secondary N) is 1. The number of aliphatic imine (C=N–C) groups is 1. The van der Waals surface area contributed by atoms with Gasteiger partial charge in [-0.1, -0.05) is 19.8 Å². The number of carbonyl (C=O) groups is 2. The number of carbonyl (C=O) groups excluding carboxylic acids is 2. The van der Waals surface area contributed by atoms with Crippen molar-refractivity contribution in [2.75, 3.05) is 26.7 Å². The second-order valence-electron chi connectivity index (χ2n) is 13.5. The monoisotopic (exact) mass is 560 g/mol. The van der Waals surface area contributed by atoms with E-state index in [9.17, 15) is 14.7 Å². The fraction of sp³-hybridized carbons (Fsp3) is 0.903. The summed E-state index contributed by atoms with van der Waals surface area (Å²) in [6.07, 6.45) is 10.6. The fourth-order valence-electron chi connectivity index (χ4n) is 8.26. The van der Waals surface area contributed by atoms with Crippen molar-refractivity contribution in [2.24, 2.45) is 28.7 Å². The molecule has 40 heavy (non-hydrogen) atoms. The largest absolute Gasteiger partial charge is 0.393 e. The Hall–Kier alpha value is -1.71. The van der Waals surface area contributed by atoms with Crippen LogP contribution in [0.15, 0.2) is 4.99 Å². The van der Waals surface area contributed by atoms with Gasteiger partial charge in [0.05, 0.1) is 36.5 Å². The molecule has 2 N–H and O–H groups in total. The molecule has 0 aromatic rings. The lowest BCUT2D eigenvalue weighted by Crippen LogP contribution is -2.60. The lowest BCUT2D eigenvalue weighted by Gasteiger charge is -2.44. The number of nitrogens with zero attached hydrogens (tertiary/aromatic N) is 3. The summed E-state index contributed by atoms with van der Waals surface area (Å²) in [6, 6.07) is -0.0390. The number of amidine groups is 1. The SMILES string of the molecule is COC1CCC(C2=N[C@@H](C3CCC(O)CC3)[C@@H](C3CCCC(C)C3)N2C(=O)N2CCNC(=O)C2)C(OC(C)C)C1. The Morgan fingerprint density at radius 2 is 1.82 bits per heavy atom. The molecule has 5 aliphatic rings. The Morgan fingerprint density at radius 3 is 2.50 bits per heavy atom. The molecule has 7 atom stereocenters. The van der Waals surface area contributed by atoms with Gasteiger partial charge in [0.1, 0.15) is 12.4 Å². The zero-order valence-electron chi connectivity index (χ0n) is 25.1. The number of aliphatic hydroxyl groups is 1. The second kappa shape index (κ2) is 13.1. The molecule has 0 radical (unpaired) electrons. The Morgan fingerprint density at radius 1 is 1.05 bits per heavy atom. The van der Waals surface area contributed by atoms with E-state index in [0.29, 0.717) is 30.8 Å². The predicted octanol–water partition coefficient (Wildman–Crippen LogP) is 3.98. The first-order chi connectivity index (χ1) is 19.2. The third kappa shape index (κ3) is 6.51. The Labute approximate surface area is 240 Å². The summed E-state index contributed by atoms with van der Waals surface area (Å²) < 4.78 is 12.3. The van der Waals surface area contributed by atoms with E-state index >= 15 is 0 Å². The number of hydrogen-bond donors (Lipinski definition) is 2. The Bertz CT molecular complexity index is 919. The van der Waals surface area contributed by atoms with Gasteiger partial charge < -0.3 is 24.8 Å². The van der Waals surface area contributed by atoms with Gasteiger partial charge in [0.15, 0.2) is 0 Å². The van der Waals surface area contributed by atoms with Gasteiger partial charge in [0.25, 0.3) is 0 Å². The van der Waals surface area contributed by atoms with Gasteiger partial charge >= 0.3 is 6.03 Å². The third-order valence-electron chi connectivity index (χ3n) is 10.2. The van der Waals surface area contributed by atoms with Crippen LogP contribution in [0.3, 0.4) is 0 Å². The van der Waals surface area contributed by atoms with Crippen molar-refractivity contribution in [2.45, 2.75) is 128 Å². The first-order valence-corrected chi connectivity index (χ1v) is 16.0. The van der Waals surface area contributed by atoms with Gasteiger partial charge in [-0.05, 0) is 83.0 Å². The first kappa shape index (κ1) is 29.8. The van der Waals surface area contributed by atoms with Gasteiger partial charge in [-0.25, -0.2) is 4.79 Å². The summed E-state index contributed by atoms with van der Waals surface area (Å²) in [5.41, 5.74) is 0. The average molecular weight is 561 g/mol. The summed E-state index contributed by atoms with van der Waals surface area (Å²) in [6.45, 7) is 7.58. The van der Waals surface area contributed by atoms with Gasteiger partial charge in [0.2, 0.25) is 5.91 Å². The van der Waals surface area contributed by atoms with E-state index in [1.54, 1.807) is 12.0 Å². The van der Waals surface area contributed by atoms with Crippen LogP contribution in [0, 0.1) is 23.7 Å². The number of urea groups is 1. The van der Waals surface area contributed by atoms with E-state index < -0.39 is 0 Å². The summed E-state index contributed by atoms with van der Waals surface area (Å²) in [7, 11) is 1.77. The molecule has 5 rings (SSSR count). The predicted molar refractivity (Wildman–Crippen MR) is 154 cm³/mol. The highest BCUT2D eigenvalue weighted by molar-refractivity contribution is 6.02. The second-order valence-corrected chi connectivity index (χ2v) is 13.5. The van der Waals surface area contributed by atoms with Gasteiger partial charge in [-0.3, -0.25) is 14.7 Å². The molecule has 0 aromatic carbocycles. The van der Waals surface area contributed by atoms with Crippen LogP contribution >= 0.6 is 0 Å². The minimum Gasteiger partial charge on any atom is -0.393 e. The van der Waals surface area contributed by atoms with Crippen LogP contribution in [0.4, 0.5) is 4.79 Å². The van der Waals surface area contributed by atoms with E-state index in [1.807, 2.05) is 0 Å². The topological polar surface area (TPSA) is 104 Å². The van der Waals surface area contributed by atoms with Crippen molar-refractivity contribution in [3.63, 3.8) is 0 Å². The molecule has 3 saturated carbocycles. The lowest BCUT2D eigenvalue weighted by atomic mass is 9.72. The van der Waals surface area contributed by atoms with Gasteiger partial charge in [0, 0.05) is 32.5 Å². The van der Waals surface area contributed by atoms with Crippen molar-refractivity contribution in [3.8, 4) is 0 Å². The quantitative estimate of drug-likeness (QED) is 0.512. The number of hydrogen-bond acceptors (Lipinski definition) is 6. The average Bonchev–Trinajstić information content (AvgIpc) is 3.33. The zero-order chi connectivity index (χ0) is 28.4. The molecule has 0 bridgehead atoms. The molecular weight excluding hydrogens is 508 g/mol. The van der Waals surface area contributed by atoms with Gasteiger partial charge in [-0.15, -0.1) is 0 Å². The number of rotatable bonds is 6. The van der Waals surface area contributed by atoms with Crippen LogP contribution in [0.25, 0.3) is 0 Å². The highest BCUT2D eigenvalue weighted by Gasteiger charge is 2.52. The summed E-state index contributed by atoms with van der Waals surface area (Å²) >= 11 is 0. The highest BCUT2D eigenvalue weighted by Crippen LogP contribution is 2.45. The van der Waals surface area contributed by atoms with E-state index in [0.717, 1.165) is 63.6 Å². The van der Waals surface area contributed by atoms with Crippen molar-refractivity contribution < 1.29 is 24.2 Å². The van der Waals surface area contributed by atoms with E-state index in [-0.39, 0.29) is 60.9 Å². The Kier molecular flexibility index (Phi) is 9.73. The normalized spacial score (nSPS) is 39.3. The summed E-state index contributed by atoms with van der Waals surface area (Å²) in [4.78, 5) is 36.3. The number of amides is 3. The minimum absolute atomic E-state index is 0.00432. The highest BCUT2D eigenvalue weighted by atomic mass is 16.5. The maximum absolute atomic E-state index is 14.5. The molecule has 9 nitrogen and oxygen atoms in total. The molecule has 2 aliphatic heterocycles. The number of methoxy groups -OCH3 is 1. The van der Waals surface area contributed by atoms with Crippen molar-refractivity contribution in [1.82, 2.24) is 15.1 Å². The Balaban J connectivity index is 1.54. The molecule has 0 spiro atoms. The number of ether oxygens (including phenoxy) is 2. The number of aliphatic hydroxyl groups excluding tert-OH is 1. The van der Waals surface area contributed by atoms with E-state index in [4.69, 9.17) is 14.5 Å². The maximum Gasteiger partial charge on any atom is 0.326 e. The van der Waals surface area contributed by atoms with Crippen molar-refractivity contribution >= 4 is 17.8 Å². The van der Waals surface area contributed by atoms with Crippen LogP contribution in [0.1, 0.15) is 91.4 Å². The molecule has 5 unspecified atom stereocenters. The van der Waals surface area contributed by atoms with Crippen LogP contribution in [-0.2, 0) is 14.3 Å². The molecule has 0 aromatic heterocycles. The molecule has 226 valence electrons. The van der Waals surface area contributed by atoms with Crippen LogP contribution in [0.2, 0.25) is 0 Å². The zero-order valence-corrected chi connectivity index (χ0v) is 25.1. The molecule has 2 heterocycles. The van der Waals surface area contributed by atoms with Crippen LogP contribution < -0.4 is 5.32 Å². The molecule has 9 heteroatoms. The smallest absolute Gasteiger partial charge is 0.326 e. The fourth-order valence-corrected chi connectivity index (χ4v) is 8.26. The molecule has 1 saturated heterocycles. The number of piperazine rings is 1. The molecule has 3 aliphatic carbocycles. The third-order valence-corrected chi connectivity index (χ3v) is 10.2. The summed E-state index contributed by atoms with van der Waals surface area (Å²) in [5.74, 6) is 2.16. The first-order valence-electron chi connectivity index (χ1n) is 16.0. The van der Waals surface area contributed by atoms with E-state index in [2.05, 4.69) is 31.0 Å².